The minimum Gasteiger partial charge on any atom is -0.316 e. The average Bonchev–Trinajstić information content (AvgIpc) is 3.09. The normalized spacial score (nSPS) is 18.1. The van der Waals surface area contributed by atoms with Crippen LogP contribution in [0.4, 0.5) is 0 Å². The Kier molecular flexibility index (Phi) is 3.09. The fourth-order valence-electron chi connectivity index (χ4n) is 2.59. The van der Waals surface area contributed by atoms with Crippen molar-refractivity contribution >= 4 is 55.8 Å². The summed E-state index contributed by atoms with van der Waals surface area (Å²) in [5.74, 6) is 0. The van der Waals surface area contributed by atoms with Crippen LogP contribution < -0.4 is 0 Å². The fraction of sp³-hybridized carbons (Fsp3) is 0.267. The van der Waals surface area contributed by atoms with Gasteiger partial charge in [-0.05, 0) is 48.0 Å². The molecule has 0 unspecified atom stereocenters. The molecule has 0 aliphatic carbocycles. The maximum absolute atomic E-state index is 4.59. The van der Waals surface area contributed by atoms with Gasteiger partial charge in [0, 0.05) is 11.2 Å². The molecule has 5 heteroatoms. The Hall–Kier alpha value is -0.910. The average molecular weight is 318 g/mol. The number of thioether (sulfide) groups is 2. The van der Waals surface area contributed by atoms with Gasteiger partial charge in [0.1, 0.15) is 0 Å². The first-order chi connectivity index (χ1) is 9.76. The van der Waals surface area contributed by atoms with Gasteiger partial charge in [-0.1, -0.05) is 12.1 Å². The number of rotatable bonds is 2. The van der Waals surface area contributed by atoms with Crippen LogP contribution in [0.2, 0.25) is 0 Å². The molecule has 0 spiro atoms. The van der Waals surface area contributed by atoms with E-state index >= 15 is 0 Å². The molecular formula is C15H14N2S3. The van der Waals surface area contributed by atoms with Crippen molar-refractivity contribution in [2.24, 2.45) is 4.99 Å². The Balaban J connectivity index is 1.86. The van der Waals surface area contributed by atoms with E-state index in [0.29, 0.717) is 0 Å². The second-order valence-electron chi connectivity index (χ2n) is 4.91. The van der Waals surface area contributed by atoms with Crippen molar-refractivity contribution in [3.05, 3.63) is 38.9 Å². The Labute approximate surface area is 131 Å². The quantitative estimate of drug-likeness (QED) is 0.803. The van der Waals surface area contributed by atoms with Crippen molar-refractivity contribution < 1.29 is 0 Å². The third kappa shape index (κ3) is 1.91. The highest BCUT2D eigenvalue weighted by Crippen LogP contribution is 2.48. The van der Waals surface area contributed by atoms with E-state index in [1.807, 2.05) is 34.9 Å². The second kappa shape index (κ2) is 4.83. The summed E-state index contributed by atoms with van der Waals surface area (Å²) in [7, 11) is 0. The van der Waals surface area contributed by atoms with Gasteiger partial charge in [-0.25, -0.2) is 0 Å². The monoisotopic (exact) mass is 318 g/mol. The molecule has 3 heterocycles. The predicted molar refractivity (Wildman–Crippen MR) is 93.6 cm³/mol. The maximum atomic E-state index is 4.59. The number of aliphatic imine (C=N–C) groups is 1. The van der Waals surface area contributed by atoms with Gasteiger partial charge >= 0.3 is 0 Å². The Morgan fingerprint density at radius 2 is 2.20 bits per heavy atom. The standard InChI is InChI=1S/C15H14N2S3/c1-9-3-4-10-8-12(19-11(10)7-9)13-14(18-2)20-15-16-5-6-17(13)15/h3-4,7-8H,5-6H2,1-2H3. The van der Waals surface area contributed by atoms with Crippen molar-refractivity contribution in [3.63, 3.8) is 0 Å². The minimum absolute atomic E-state index is 0.928. The molecule has 0 fully saturated rings. The third-order valence-corrected chi connectivity index (χ3v) is 6.87. The molecular weight excluding hydrogens is 304 g/mol. The molecule has 2 aromatic rings. The van der Waals surface area contributed by atoms with E-state index in [0.717, 1.165) is 13.1 Å². The van der Waals surface area contributed by atoms with E-state index < -0.39 is 0 Å². The van der Waals surface area contributed by atoms with Crippen molar-refractivity contribution in [2.75, 3.05) is 19.3 Å². The van der Waals surface area contributed by atoms with E-state index in [-0.39, 0.29) is 0 Å². The van der Waals surface area contributed by atoms with E-state index in [9.17, 15) is 0 Å². The van der Waals surface area contributed by atoms with Crippen LogP contribution in [0.5, 0.6) is 0 Å². The summed E-state index contributed by atoms with van der Waals surface area (Å²) in [5, 5.41) is 2.52. The van der Waals surface area contributed by atoms with Gasteiger partial charge in [0.25, 0.3) is 0 Å². The van der Waals surface area contributed by atoms with Crippen molar-refractivity contribution in [2.45, 2.75) is 6.92 Å². The van der Waals surface area contributed by atoms with Gasteiger partial charge in [-0.3, -0.25) is 4.99 Å². The molecule has 0 N–H and O–H groups in total. The zero-order valence-electron chi connectivity index (χ0n) is 11.3. The van der Waals surface area contributed by atoms with Crippen LogP contribution in [0.15, 0.2) is 33.5 Å². The molecule has 0 saturated carbocycles. The van der Waals surface area contributed by atoms with Crippen LogP contribution in [0.25, 0.3) is 15.8 Å². The van der Waals surface area contributed by atoms with Crippen LogP contribution in [0.3, 0.4) is 0 Å². The number of hydrogen-bond donors (Lipinski definition) is 0. The van der Waals surface area contributed by atoms with Crippen LogP contribution in [-0.4, -0.2) is 29.4 Å². The van der Waals surface area contributed by atoms with Crippen molar-refractivity contribution in [1.82, 2.24) is 4.90 Å². The second-order valence-corrected chi connectivity index (χ2v) is 8.05. The molecule has 4 rings (SSSR count). The summed E-state index contributed by atoms with van der Waals surface area (Å²) in [5.41, 5.74) is 2.70. The molecule has 0 saturated heterocycles. The Bertz CT molecular complexity index is 758. The molecule has 20 heavy (non-hydrogen) atoms. The third-order valence-electron chi connectivity index (χ3n) is 3.54. The highest BCUT2D eigenvalue weighted by Gasteiger charge is 2.33. The molecule has 0 amide bonds. The fourth-order valence-corrected chi connectivity index (χ4v) is 5.84. The zero-order valence-corrected chi connectivity index (χ0v) is 13.8. The van der Waals surface area contributed by atoms with Crippen molar-refractivity contribution in [1.29, 1.82) is 0 Å². The van der Waals surface area contributed by atoms with Crippen LogP contribution >= 0.6 is 34.9 Å². The van der Waals surface area contributed by atoms with Crippen LogP contribution in [-0.2, 0) is 0 Å². The van der Waals surface area contributed by atoms with Gasteiger partial charge in [-0.2, -0.15) is 0 Å². The molecule has 2 aliphatic heterocycles. The zero-order chi connectivity index (χ0) is 13.7. The number of benzene rings is 1. The van der Waals surface area contributed by atoms with Crippen molar-refractivity contribution in [3.8, 4) is 0 Å². The van der Waals surface area contributed by atoms with Crippen LogP contribution in [0.1, 0.15) is 10.4 Å². The molecule has 0 bridgehead atoms. The highest BCUT2D eigenvalue weighted by molar-refractivity contribution is 8.30. The summed E-state index contributed by atoms with van der Waals surface area (Å²) < 4.78 is 2.76. The minimum atomic E-state index is 0.928. The number of fused-ring (bicyclic) bond motifs is 2. The van der Waals surface area contributed by atoms with E-state index in [4.69, 9.17) is 0 Å². The number of hydrogen-bond acceptors (Lipinski definition) is 5. The first kappa shape index (κ1) is 12.8. The maximum Gasteiger partial charge on any atom is 0.169 e. The first-order valence-corrected chi connectivity index (χ1v) is 9.41. The lowest BCUT2D eigenvalue weighted by Crippen LogP contribution is -2.19. The summed E-state index contributed by atoms with van der Waals surface area (Å²) in [4.78, 5) is 8.35. The summed E-state index contributed by atoms with van der Waals surface area (Å²) in [6, 6.07) is 9.02. The van der Waals surface area contributed by atoms with Gasteiger partial charge < -0.3 is 4.90 Å². The van der Waals surface area contributed by atoms with Gasteiger partial charge in [0.2, 0.25) is 0 Å². The lowest BCUT2D eigenvalue weighted by Gasteiger charge is -2.15. The lowest BCUT2D eigenvalue weighted by atomic mass is 10.2. The molecule has 102 valence electrons. The molecule has 2 aliphatic rings. The van der Waals surface area contributed by atoms with Gasteiger partial charge in [0.05, 0.1) is 21.4 Å². The first-order valence-electron chi connectivity index (χ1n) is 6.55. The smallest absolute Gasteiger partial charge is 0.169 e. The lowest BCUT2D eigenvalue weighted by molar-refractivity contribution is 0.651. The predicted octanol–water partition coefficient (Wildman–Crippen LogP) is 4.62. The summed E-state index contributed by atoms with van der Waals surface area (Å²) in [6.07, 6.45) is 2.16. The SMILES string of the molecule is CSC1=C(c2cc3ccc(C)cc3s2)N2CCN=C2S1. The molecule has 2 nitrogen and oxygen atoms in total. The largest absolute Gasteiger partial charge is 0.316 e. The van der Waals surface area contributed by atoms with E-state index in [1.165, 1.54) is 35.6 Å². The number of aryl methyl sites for hydroxylation is 1. The molecule has 1 aromatic carbocycles. The topological polar surface area (TPSA) is 15.6 Å². The van der Waals surface area contributed by atoms with Crippen LogP contribution in [0, 0.1) is 6.92 Å². The highest BCUT2D eigenvalue weighted by atomic mass is 32.2. The van der Waals surface area contributed by atoms with E-state index in [2.05, 4.69) is 47.3 Å². The van der Waals surface area contributed by atoms with Gasteiger partial charge in [-0.15, -0.1) is 23.1 Å². The molecule has 1 aromatic heterocycles. The number of amidine groups is 1. The van der Waals surface area contributed by atoms with E-state index in [1.54, 1.807) is 0 Å². The summed E-state index contributed by atoms with van der Waals surface area (Å²) in [6.45, 7) is 4.11. The molecule has 0 atom stereocenters. The summed E-state index contributed by atoms with van der Waals surface area (Å²) >= 11 is 5.55. The Morgan fingerprint density at radius 3 is 3.05 bits per heavy atom. The number of thiophene rings is 1. The van der Waals surface area contributed by atoms with Gasteiger partial charge in [0.15, 0.2) is 5.17 Å². The molecule has 0 radical (unpaired) electrons. The number of nitrogens with zero attached hydrogens (tertiary/aromatic N) is 2. The Morgan fingerprint density at radius 1 is 1.30 bits per heavy atom.